The largest absolute Gasteiger partial charge is 0.395 e. The van der Waals surface area contributed by atoms with Crippen molar-refractivity contribution in [3.05, 3.63) is 0 Å². The molecule has 0 fully saturated rings. The molecule has 0 bridgehead atoms. The zero-order valence-corrected chi connectivity index (χ0v) is 9.32. The SMILES string of the molecule is CCCNB(NCCC)NCCC. The molecule has 0 aromatic heterocycles. The minimum atomic E-state index is 0.292. The lowest BCUT2D eigenvalue weighted by atomic mass is 9.93. The Balaban J connectivity index is 3.47. The van der Waals surface area contributed by atoms with E-state index in [0.29, 0.717) is 7.12 Å². The van der Waals surface area contributed by atoms with E-state index in [1.54, 1.807) is 0 Å². The summed E-state index contributed by atoms with van der Waals surface area (Å²) in [6.07, 6.45) is 3.54. The van der Waals surface area contributed by atoms with Crippen LogP contribution in [-0.2, 0) is 0 Å². The van der Waals surface area contributed by atoms with E-state index in [4.69, 9.17) is 0 Å². The first-order valence-corrected chi connectivity index (χ1v) is 5.55. The summed E-state index contributed by atoms with van der Waals surface area (Å²) in [5.41, 5.74) is 0. The molecule has 0 aromatic carbocycles. The van der Waals surface area contributed by atoms with E-state index in [1.807, 2.05) is 0 Å². The highest BCUT2D eigenvalue weighted by molar-refractivity contribution is 6.50. The van der Waals surface area contributed by atoms with E-state index in [0.717, 1.165) is 19.6 Å². The lowest BCUT2D eigenvalue weighted by Crippen LogP contribution is -2.58. The Morgan fingerprint density at radius 2 is 1.00 bits per heavy atom. The molecule has 0 saturated carbocycles. The Hall–Kier alpha value is -0.0551. The third-order valence-corrected chi connectivity index (χ3v) is 1.80. The van der Waals surface area contributed by atoms with Crippen molar-refractivity contribution in [3.8, 4) is 0 Å². The summed E-state index contributed by atoms with van der Waals surface area (Å²) in [7, 11) is 0.292. The van der Waals surface area contributed by atoms with Crippen LogP contribution < -0.4 is 15.7 Å². The van der Waals surface area contributed by atoms with Crippen LogP contribution in [-0.4, -0.2) is 26.8 Å². The molecule has 3 nitrogen and oxygen atoms in total. The molecule has 0 aliphatic rings. The van der Waals surface area contributed by atoms with E-state index in [9.17, 15) is 0 Å². The van der Waals surface area contributed by atoms with Crippen molar-refractivity contribution < 1.29 is 0 Å². The number of rotatable bonds is 9. The molecule has 0 spiro atoms. The van der Waals surface area contributed by atoms with Crippen molar-refractivity contribution in [1.29, 1.82) is 0 Å². The summed E-state index contributed by atoms with van der Waals surface area (Å²) in [5.74, 6) is 0. The van der Waals surface area contributed by atoms with Gasteiger partial charge in [0.05, 0.1) is 0 Å². The highest BCUT2D eigenvalue weighted by atomic mass is 15.1. The van der Waals surface area contributed by atoms with Gasteiger partial charge in [-0.2, -0.15) is 0 Å². The van der Waals surface area contributed by atoms with Gasteiger partial charge in [-0.05, 0) is 38.9 Å². The van der Waals surface area contributed by atoms with E-state index < -0.39 is 0 Å². The van der Waals surface area contributed by atoms with Crippen molar-refractivity contribution >= 4 is 7.12 Å². The predicted octanol–water partition coefficient (Wildman–Crippen LogP) is 0.970. The standard InChI is InChI=1S/C9H24BN3/c1-4-7-11-10(12-8-5-2)13-9-6-3/h11-13H,4-9H2,1-3H3. The molecule has 3 N–H and O–H groups in total. The van der Waals surface area contributed by atoms with Crippen LogP contribution in [0.4, 0.5) is 0 Å². The average Bonchev–Trinajstić information content (AvgIpc) is 2.17. The topological polar surface area (TPSA) is 36.1 Å². The van der Waals surface area contributed by atoms with Crippen molar-refractivity contribution in [3.63, 3.8) is 0 Å². The lowest BCUT2D eigenvalue weighted by molar-refractivity contribution is 0.735. The lowest BCUT2D eigenvalue weighted by Gasteiger charge is -2.16. The molecule has 0 saturated heterocycles. The second kappa shape index (κ2) is 10.0. The zero-order valence-electron chi connectivity index (χ0n) is 9.32. The molecule has 0 radical (unpaired) electrons. The first kappa shape index (κ1) is 12.9. The molecule has 4 heteroatoms. The minimum Gasteiger partial charge on any atom is -0.328 e. The Labute approximate surface area is 83.2 Å². The van der Waals surface area contributed by atoms with Crippen LogP contribution >= 0.6 is 0 Å². The summed E-state index contributed by atoms with van der Waals surface area (Å²) in [6.45, 7) is 9.76. The van der Waals surface area contributed by atoms with Gasteiger partial charge in [0.15, 0.2) is 0 Å². The third kappa shape index (κ3) is 8.28. The van der Waals surface area contributed by atoms with Crippen LogP contribution in [0.2, 0.25) is 0 Å². The Morgan fingerprint density at radius 1 is 0.692 bits per heavy atom. The first-order chi connectivity index (χ1) is 6.35. The van der Waals surface area contributed by atoms with Crippen molar-refractivity contribution in [2.45, 2.75) is 40.0 Å². The molecular formula is C9H24BN3. The second-order valence-electron chi connectivity index (χ2n) is 3.30. The molecule has 0 aromatic rings. The van der Waals surface area contributed by atoms with Crippen LogP contribution in [0.3, 0.4) is 0 Å². The molecule has 0 unspecified atom stereocenters. The van der Waals surface area contributed by atoms with Crippen LogP contribution in [0.25, 0.3) is 0 Å². The summed E-state index contributed by atoms with van der Waals surface area (Å²) < 4.78 is 0. The van der Waals surface area contributed by atoms with Gasteiger partial charge < -0.3 is 15.7 Å². The molecule has 0 rings (SSSR count). The van der Waals surface area contributed by atoms with E-state index in [2.05, 4.69) is 36.5 Å². The Kier molecular flexibility index (Phi) is 9.99. The molecule has 78 valence electrons. The van der Waals surface area contributed by atoms with E-state index >= 15 is 0 Å². The van der Waals surface area contributed by atoms with E-state index in [-0.39, 0.29) is 0 Å². The fraction of sp³-hybridized carbons (Fsp3) is 1.00. The first-order valence-electron chi connectivity index (χ1n) is 5.55. The highest BCUT2D eigenvalue weighted by Gasteiger charge is 2.10. The zero-order chi connectivity index (χ0) is 9.94. The molecule has 0 atom stereocenters. The maximum atomic E-state index is 3.42. The fourth-order valence-corrected chi connectivity index (χ4v) is 1.08. The number of hydrogen-bond acceptors (Lipinski definition) is 3. The van der Waals surface area contributed by atoms with Crippen LogP contribution in [0.5, 0.6) is 0 Å². The van der Waals surface area contributed by atoms with Gasteiger partial charge >= 0.3 is 7.12 Å². The monoisotopic (exact) mass is 185 g/mol. The Morgan fingerprint density at radius 3 is 1.23 bits per heavy atom. The molecule has 0 aliphatic heterocycles. The highest BCUT2D eigenvalue weighted by Crippen LogP contribution is 1.76. The number of nitrogens with one attached hydrogen (secondary N) is 3. The van der Waals surface area contributed by atoms with Crippen molar-refractivity contribution in [1.82, 2.24) is 15.7 Å². The quantitative estimate of drug-likeness (QED) is 0.468. The van der Waals surface area contributed by atoms with Crippen LogP contribution in [0, 0.1) is 0 Å². The smallest absolute Gasteiger partial charge is 0.328 e. The van der Waals surface area contributed by atoms with Gasteiger partial charge in [-0.1, -0.05) is 20.8 Å². The summed E-state index contributed by atoms with van der Waals surface area (Å²) >= 11 is 0. The summed E-state index contributed by atoms with van der Waals surface area (Å²) in [4.78, 5) is 0. The predicted molar refractivity (Wildman–Crippen MR) is 60.6 cm³/mol. The Bertz CT molecular complexity index is 81.8. The van der Waals surface area contributed by atoms with Gasteiger partial charge in [-0.3, -0.25) is 0 Å². The van der Waals surface area contributed by atoms with Gasteiger partial charge in [0.25, 0.3) is 0 Å². The second-order valence-corrected chi connectivity index (χ2v) is 3.30. The van der Waals surface area contributed by atoms with Crippen LogP contribution in [0.1, 0.15) is 40.0 Å². The third-order valence-electron chi connectivity index (χ3n) is 1.80. The molecule has 0 amide bonds. The van der Waals surface area contributed by atoms with Crippen molar-refractivity contribution in [2.75, 3.05) is 19.6 Å². The van der Waals surface area contributed by atoms with E-state index in [1.165, 1.54) is 19.3 Å². The summed E-state index contributed by atoms with van der Waals surface area (Å²) in [5, 5.41) is 10.3. The molecular weight excluding hydrogens is 161 g/mol. The number of hydrogen-bond donors (Lipinski definition) is 3. The van der Waals surface area contributed by atoms with Gasteiger partial charge in [0.2, 0.25) is 0 Å². The van der Waals surface area contributed by atoms with Gasteiger partial charge in [0, 0.05) is 0 Å². The normalized spacial score (nSPS) is 10.4. The van der Waals surface area contributed by atoms with Gasteiger partial charge in [-0.25, -0.2) is 0 Å². The summed E-state index contributed by atoms with van der Waals surface area (Å²) in [6, 6.07) is 0. The van der Waals surface area contributed by atoms with Gasteiger partial charge in [0.1, 0.15) is 0 Å². The molecule has 0 aliphatic carbocycles. The maximum Gasteiger partial charge on any atom is 0.395 e. The maximum absolute atomic E-state index is 3.42. The fourth-order valence-electron chi connectivity index (χ4n) is 1.08. The average molecular weight is 185 g/mol. The minimum absolute atomic E-state index is 0.292. The van der Waals surface area contributed by atoms with Crippen molar-refractivity contribution in [2.24, 2.45) is 0 Å². The molecule has 0 heterocycles. The van der Waals surface area contributed by atoms with Gasteiger partial charge in [-0.15, -0.1) is 0 Å². The van der Waals surface area contributed by atoms with Crippen LogP contribution in [0.15, 0.2) is 0 Å². The molecule has 13 heavy (non-hydrogen) atoms.